The van der Waals surface area contributed by atoms with Crippen LogP contribution in [-0.4, -0.2) is 18.3 Å². The lowest BCUT2D eigenvalue weighted by atomic mass is 10.3. The zero-order valence-electron chi connectivity index (χ0n) is 9.33. The maximum atomic E-state index is 5.39. The topological polar surface area (TPSA) is 25.2 Å². The molecule has 0 amide bonds. The summed E-state index contributed by atoms with van der Waals surface area (Å²) in [7, 11) is 2.00. The van der Waals surface area contributed by atoms with Crippen molar-refractivity contribution < 1.29 is 4.42 Å². The van der Waals surface area contributed by atoms with Crippen LogP contribution in [0.3, 0.4) is 0 Å². The van der Waals surface area contributed by atoms with Gasteiger partial charge in [-0.2, -0.15) is 0 Å². The fraction of sp³-hybridized carbons (Fsp3) is 0.636. The number of furan rings is 1. The van der Waals surface area contributed by atoms with E-state index in [0.717, 1.165) is 11.5 Å². The van der Waals surface area contributed by atoms with Gasteiger partial charge in [0, 0.05) is 11.3 Å². The van der Waals surface area contributed by atoms with E-state index in [0.29, 0.717) is 11.3 Å². The van der Waals surface area contributed by atoms with Crippen molar-refractivity contribution in [3.05, 3.63) is 23.7 Å². The number of hydrogen-bond acceptors (Lipinski definition) is 3. The van der Waals surface area contributed by atoms with Gasteiger partial charge in [-0.25, -0.2) is 0 Å². The zero-order valence-corrected chi connectivity index (χ0v) is 10.1. The molecule has 0 saturated heterocycles. The Labute approximate surface area is 90.5 Å². The van der Waals surface area contributed by atoms with Crippen molar-refractivity contribution in [2.24, 2.45) is 0 Å². The number of hydrogen-bond donors (Lipinski definition) is 1. The van der Waals surface area contributed by atoms with Crippen molar-refractivity contribution in [2.75, 3.05) is 7.05 Å². The van der Waals surface area contributed by atoms with Crippen molar-refractivity contribution in [2.45, 2.75) is 37.8 Å². The summed E-state index contributed by atoms with van der Waals surface area (Å²) in [5.41, 5.74) is 1.25. The summed E-state index contributed by atoms with van der Waals surface area (Å²) in [4.78, 5) is 0. The highest BCUT2D eigenvalue weighted by atomic mass is 32.2. The second-order valence-corrected chi connectivity index (χ2v) is 4.99. The van der Waals surface area contributed by atoms with Crippen molar-refractivity contribution in [1.29, 1.82) is 0 Å². The molecule has 0 saturated carbocycles. The third kappa shape index (κ3) is 3.07. The smallest absolute Gasteiger partial charge is 0.116 e. The van der Waals surface area contributed by atoms with E-state index in [4.69, 9.17) is 4.42 Å². The Morgan fingerprint density at radius 1 is 1.50 bits per heavy atom. The van der Waals surface area contributed by atoms with Gasteiger partial charge in [0.15, 0.2) is 0 Å². The molecule has 2 nitrogen and oxygen atoms in total. The molecule has 2 unspecified atom stereocenters. The first-order valence-electron chi connectivity index (χ1n) is 4.97. The van der Waals surface area contributed by atoms with E-state index in [1.807, 2.05) is 24.9 Å². The average molecular weight is 213 g/mol. The van der Waals surface area contributed by atoms with Gasteiger partial charge in [-0.3, -0.25) is 0 Å². The van der Waals surface area contributed by atoms with Crippen LogP contribution in [0.25, 0.3) is 0 Å². The first-order valence-corrected chi connectivity index (χ1v) is 6.02. The van der Waals surface area contributed by atoms with Gasteiger partial charge in [0.2, 0.25) is 0 Å². The minimum Gasteiger partial charge on any atom is -0.468 e. The van der Waals surface area contributed by atoms with E-state index >= 15 is 0 Å². The highest BCUT2D eigenvalue weighted by Crippen LogP contribution is 2.22. The van der Waals surface area contributed by atoms with Crippen LogP contribution in [0.15, 0.2) is 16.7 Å². The number of nitrogens with one attached hydrogen (secondary N) is 1. The van der Waals surface area contributed by atoms with Gasteiger partial charge in [-0.05, 0) is 32.5 Å². The summed E-state index contributed by atoms with van der Waals surface area (Å²) >= 11 is 1.92. The van der Waals surface area contributed by atoms with Gasteiger partial charge >= 0.3 is 0 Å². The van der Waals surface area contributed by atoms with Crippen LogP contribution >= 0.6 is 11.8 Å². The molecular formula is C11H19NOS. The molecule has 0 aliphatic rings. The molecule has 3 heteroatoms. The third-order valence-electron chi connectivity index (χ3n) is 2.60. The number of aryl methyl sites for hydroxylation is 1. The van der Waals surface area contributed by atoms with Crippen molar-refractivity contribution in [3.8, 4) is 0 Å². The minimum absolute atomic E-state index is 0.537. The van der Waals surface area contributed by atoms with Crippen LogP contribution in [0.2, 0.25) is 0 Å². The van der Waals surface area contributed by atoms with Gasteiger partial charge in [0.1, 0.15) is 5.76 Å². The molecule has 80 valence electrons. The Balaban J connectivity index is 2.37. The summed E-state index contributed by atoms with van der Waals surface area (Å²) in [5, 5.41) is 3.86. The Morgan fingerprint density at radius 2 is 2.21 bits per heavy atom. The fourth-order valence-electron chi connectivity index (χ4n) is 1.14. The van der Waals surface area contributed by atoms with Crippen molar-refractivity contribution in [1.82, 2.24) is 5.32 Å². The molecule has 1 N–H and O–H groups in total. The van der Waals surface area contributed by atoms with Gasteiger partial charge in [-0.1, -0.05) is 6.92 Å². The Bertz CT molecular complexity index is 272. The third-order valence-corrected chi connectivity index (χ3v) is 3.97. The lowest BCUT2D eigenvalue weighted by molar-refractivity contribution is 0.526. The SMILES string of the molecule is CNC(C)C(C)SCc1occc1C. The van der Waals surface area contributed by atoms with Gasteiger partial charge in [-0.15, -0.1) is 11.8 Å². The molecule has 0 radical (unpaired) electrons. The second-order valence-electron chi connectivity index (χ2n) is 3.62. The lowest BCUT2D eigenvalue weighted by Crippen LogP contribution is -2.30. The average Bonchev–Trinajstić information content (AvgIpc) is 2.59. The predicted molar refractivity (Wildman–Crippen MR) is 62.7 cm³/mol. The first kappa shape index (κ1) is 11.7. The molecular weight excluding hydrogens is 194 g/mol. The highest BCUT2D eigenvalue weighted by Gasteiger charge is 2.11. The van der Waals surface area contributed by atoms with E-state index < -0.39 is 0 Å². The standard InChI is InChI=1S/C11H19NOS/c1-8-5-6-13-11(8)7-14-10(3)9(2)12-4/h5-6,9-10,12H,7H2,1-4H3. The van der Waals surface area contributed by atoms with E-state index in [1.54, 1.807) is 6.26 Å². The van der Waals surface area contributed by atoms with E-state index in [9.17, 15) is 0 Å². The summed E-state index contributed by atoms with van der Waals surface area (Å²) in [5.74, 6) is 2.07. The van der Waals surface area contributed by atoms with Gasteiger partial charge < -0.3 is 9.73 Å². The van der Waals surface area contributed by atoms with Crippen molar-refractivity contribution >= 4 is 11.8 Å². The lowest BCUT2D eigenvalue weighted by Gasteiger charge is -2.18. The molecule has 0 aliphatic heterocycles. The minimum atomic E-state index is 0.537. The first-order chi connectivity index (χ1) is 6.65. The maximum Gasteiger partial charge on any atom is 0.116 e. The zero-order chi connectivity index (χ0) is 10.6. The highest BCUT2D eigenvalue weighted by molar-refractivity contribution is 7.99. The predicted octanol–water partition coefficient (Wildman–Crippen LogP) is 2.82. The van der Waals surface area contributed by atoms with Crippen LogP contribution in [-0.2, 0) is 5.75 Å². The fourth-order valence-corrected chi connectivity index (χ4v) is 2.27. The Morgan fingerprint density at radius 3 is 2.71 bits per heavy atom. The molecule has 2 atom stereocenters. The monoisotopic (exact) mass is 213 g/mol. The number of thioether (sulfide) groups is 1. The quantitative estimate of drug-likeness (QED) is 0.814. The Hall–Kier alpha value is -0.410. The molecule has 0 fully saturated rings. The largest absolute Gasteiger partial charge is 0.468 e. The van der Waals surface area contributed by atoms with Crippen LogP contribution in [0.1, 0.15) is 25.2 Å². The van der Waals surface area contributed by atoms with E-state index in [1.165, 1.54) is 5.56 Å². The summed E-state index contributed by atoms with van der Waals surface area (Å²) in [6.07, 6.45) is 1.76. The molecule has 0 aromatic carbocycles. The molecule has 14 heavy (non-hydrogen) atoms. The molecule has 1 aromatic rings. The summed E-state index contributed by atoms with van der Waals surface area (Å²) in [6, 6.07) is 2.55. The number of rotatable bonds is 5. The normalized spacial score (nSPS) is 15.4. The van der Waals surface area contributed by atoms with Crippen LogP contribution in [0.5, 0.6) is 0 Å². The molecule has 0 spiro atoms. The van der Waals surface area contributed by atoms with E-state index in [2.05, 4.69) is 26.1 Å². The summed E-state index contributed by atoms with van der Waals surface area (Å²) in [6.45, 7) is 6.53. The van der Waals surface area contributed by atoms with Gasteiger partial charge in [0.05, 0.1) is 12.0 Å². The van der Waals surface area contributed by atoms with E-state index in [-0.39, 0.29) is 0 Å². The molecule has 1 heterocycles. The molecule has 1 rings (SSSR count). The van der Waals surface area contributed by atoms with Gasteiger partial charge in [0.25, 0.3) is 0 Å². The second kappa shape index (κ2) is 5.47. The molecule has 0 aliphatic carbocycles. The maximum absolute atomic E-state index is 5.39. The molecule has 1 aromatic heterocycles. The summed E-state index contributed by atoms with van der Waals surface area (Å²) < 4.78 is 5.39. The molecule has 0 bridgehead atoms. The van der Waals surface area contributed by atoms with Crippen molar-refractivity contribution in [3.63, 3.8) is 0 Å². The van der Waals surface area contributed by atoms with Crippen LogP contribution in [0.4, 0.5) is 0 Å². The van der Waals surface area contributed by atoms with Crippen LogP contribution in [0, 0.1) is 6.92 Å². The Kier molecular flexibility index (Phi) is 4.55. The van der Waals surface area contributed by atoms with Crippen LogP contribution < -0.4 is 5.32 Å².